The molecular weight excluding hydrogens is 220 g/mol. The summed E-state index contributed by atoms with van der Waals surface area (Å²) >= 11 is 0. The monoisotopic (exact) mass is 238 g/mol. The van der Waals surface area contributed by atoms with Crippen molar-refractivity contribution in [3.8, 4) is 0 Å². The van der Waals surface area contributed by atoms with E-state index in [9.17, 15) is 10.0 Å². The molecule has 0 spiro atoms. The highest BCUT2D eigenvalue weighted by Crippen LogP contribution is 2.21. The van der Waals surface area contributed by atoms with Gasteiger partial charge in [-0.15, -0.1) is 0 Å². The minimum Gasteiger partial charge on any atom is -0.465 e. The van der Waals surface area contributed by atoms with Gasteiger partial charge in [0.15, 0.2) is 0 Å². The maximum atomic E-state index is 11.4. The van der Waals surface area contributed by atoms with E-state index in [-0.39, 0.29) is 5.97 Å². The Kier molecular flexibility index (Phi) is 4.48. The van der Waals surface area contributed by atoms with Crippen molar-refractivity contribution in [2.45, 2.75) is 6.54 Å². The largest absolute Gasteiger partial charge is 0.465 e. The fourth-order valence-electron chi connectivity index (χ4n) is 1.64. The molecule has 0 aliphatic heterocycles. The number of rotatable bonds is 4. The van der Waals surface area contributed by atoms with Crippen molar-refractivity contribution in [2.24, 2.45) is 0 Å². The van der Waals surface area contributed by atoms with Gasteiger partial charge in [0.2, 0.25) is 0 Å². The molecule has 0 heterocycles. The summed E-state index contributed by atoms with van der Waals surface area (Å²) in [6, 6.07) is 5.28. The molecule has 0 aliphatic carbocycles. The molecule has 1 N–H and O–H groups in total. The minimum absolute atomic E-state index is 0.346. The number of nitrogens with zero attached hydrogens (tertiary/aromatic N) is 2. The van der Waals surface area contributed by atoms with Gasteiger partial charge >= 0.3 is 5.97 Å². The standard InChI is InChI=1S/C12H18N2O3/c1-13(2)11-6-5-9(12(15)17-4)7-10(11)8-14(3)16/h5-7,16H,8H2,1-4H3. The highest BCUT2D eigenvalue weighted by molar-refractivity contribution is 5.90. The van der Waals surface area contributed by atoms with Crippen LogP contribution in [0.1, 0.15) is 15.9 Å². The molecule has 17 heavy (non-hydrogen) atoms. The third-order valence-corrected chi connectivity index (χ3v) is 2.38. The van der Waals surface area contributed by atoms with Crippen LogP contribution in [0.25, 0.3) is 0 Å². The molecule has 0 atom stereocenters. The summed E-state index contributed by atoms with van der Waals surface area (Å²) in [7, 11) is 6.73. The van der Waals surface area contributed by atoms with Crippen molar-refractivity contribution < 1.29 is 14.7 Å². The van der Waals surface area contributed by atoms with Crippen LogP contribution in [-0.4, -0.2) is 44.5 Å². The number of carbonyl (C=O) groups is 1. The van der Waals surface area contributed by atoms with E-state index >= 15 is 0 Å². The summed E-state index contributed by atoms with van der Waals surface area (Å²) in [5.74, 6) is -0.378. The minimum atomic E-state index is -0.378. The van der Waals surface area contributed by atoms with E-state index in [1.165, 1.54) is 7.11 Å². The molecule has 0 bridgehead atoms. The summed E-state index contributed by atoms with van der Waals surface area (Å²) in [5, 5.41) is 10.4. The third-order valence-electron chi connectivity index (χ3n) is 2.38. The number of hydrogen-bond donors (Lipinski definition) is 1. The number of ether oxygens (including phenoxy) is 1. The van der Waals surface area contributed by atoms with Gasteiger partial charge in [0, 0.05) is 26.8 Å². The second-order valence-electron chi connectivity index (χ2n) is 4.05. The molecule has 0 unspecified atom stereocenters. The summed E-state index contributed by atoms with van der Waals surface area (Å²) in [6.45, 7) is 0.346. The highest BCUT2D eigenvalue weighted by Gasteiger charge is 2.11. The molecule has 5 heteroatoms. The normalized spacial score (nSPS) is 10.5. The smallest absolute Gasteiger partial charge is 0.337 e. The number of carbonyl (C=O) groups excluding carboxylic acids is 1. The molecule has 1 aromatic carbocycles. The Morgan fingerprint density at radius 1 is 1.35 bits per heavy atom. The zero-order chi connectivity index (χ0) is 13.0. The second-order valence-corrected chi connectivity index (χ2v) is 4.05. The van der Waals surface area contributed by atoms with Gasteiger partial charge in [-0.05, 0) is 23.8 Å². The lowest BCUT2D eigenvalue weighted by Gasteiger charge is -2.19. The Morgan fingerprint density at radius 2 is 2.00 bits per heavy atom. The quantitative estimate of drug-likeness (QED) is 0.634. The first-order chi connectivity index (χ1) is 7.95. The number of methoxy groups -OCH3 is 1. The molecule has 0 aliphatic rings. The van der Waals surface area contributed by atoms with E-state index < -0.39 is 0 Å². The number of hydrogen-bond acceptors (Lipinski definition) is 5. The fraction of sp³-hybridized carbons (Fsp3) is 0.417. The first-order valence-corrected chi connectivity index (χ1v) is 5.24. The molecule has 0 saturated heterocycles. The van der Waals surface area contributed by atoms with Crippen molar-refractivity contribution in [3.63, 3.8) is 0 Å². The maximum Gasteiger partial charge on any atom is 0.337 e. The van der Waals surface area contributed by atoms with Gasteiger partial charge in [-0.3, -0.25) is 0 Å². The van der Waals surface area contributed by atoms with Crippen LogP contribution in [0.4, 0.5) is 5.69 Å². The molecule has 0 fully saturated rings. The SMILES string of the molecule is COC(=O)c1ccc(N(C)C)c(CN(C)O)c1. The Hall–Kier alpha value is -1.59. The number of hydroxylamine groups is 2. The Morgan fingerprint density at radius 3 is 2.47 bits per heavy atom. The van der Waals surface area contributed by atoms with Crippen LogP contribution in [0.5, 0.6) is 0 Å². The van der Waals surface area contributed by atoms with E-state index in [0.717, 1.165) is 16.3 Å². The van der Waals surface area contributed by atoms with Crippen LogP contribution in [0, 0.1) is 0 Å². The zero-order valence-corrected chi connectivity index (χ0v) is 10.6. The van der Waals surface area contributed by atoms with Crippen LogP contribution in [-0.2, 0) is 11.3 Å². The lowest BCUT2D eigenvalue weighted by atomic mass is 10.1. The molecule has 0 aromatic heterocycles. The summed E-state index contributed by atoms with van der Waals surface area (Å²) in [5.41, 5.74) is 2.30. The molecule has 1 aromatic rings. The van der Waals surface area contributed by atoms with Gasteiger partial charge in [0.1, 0.15) is 0 Å². The average Bonchev–Trinajstić information content (AvgIpc) is 2.26. The fourth-order valence-corrected chi connectivity index (χ4v) is 1.64. The van der Waals surface area contributed by atoms with Gasteiger partial charge in [0.05, 0.1) is 19.2 Å². The molecule has 1 rings (SSSR count). The van der Waals surface area contributed by atoms with E-state index in [4.69, 9.17) is 0 Å². The van der Waals surface area contributed by atoms with E-state index in [1.54, 1.807) is 19.2 Å². The second kappa shape index (κ2) is 5.65. The summed E-state index contributed by atoms with van der Waals surface area (Å²) < 4.78 is 4.67. The topological polar surface area (TPSA) is 53.0 Å². The van der Waals surface area contributed by atoms with Gasteiger partial charge in [0.25, 0.3) is 0 Å². The average molecular weight is 238 g/mol. The number of anilines is 1. The highest BCUT2D eigenvalue weighted by atomic mass is 16.5. The third kappa shape index (κ3) is 3.44. The van der Waals surface area contributed by atoms with Crippen LogP contribution in [0.15, 0.2) is 18.2 Å². The summed E-state index contributed by atoms with van der Waals surface area (Å²) in [6.07, 6.45) is 0. The molecule has 0 amide bonds. The molecule has 5 nitrogen and oxygen atoms in total. The van der Waals surface area contributed by atoms with Crippen molar-refractivity contribution in [2.75, 3.05) is 33.2 Å². The lowest BCUT2D eigenvalue weighted by Crippen LogP contribution is -2.18. The van der Waals surface area contributed by atoms with Crippen molar-refractivity contribution >= 4 is 11.7 Å². The van der Waals surface area contributed by atoms with E-state index in [1.807, 2.05) is 25.1 Å². The van der Waals surface area contributed by atoms with Crippen LogP contribution in [0.3, 0.4) is 0 Å². The Bertz CT molecular complexity index is 403. The van der Waals surface area contributed by atoms with E-state index in [2.05, 4.69) is 4.74 Å². The predicted octanol–water partition coefficient (Wildman–Crippen LogP) is 1.36. The maximum absolute atomic E-state index is 11.4. The molecule has 0 saturated carbocycles. The van der Waals surface area contributed by atoms with Gasteiger partial charge in [-0.2, -0.15) is 5.06 Å². The van der Waals surface area contributed by atoms with E-state index in [0.29, 0.717) is 12.1 Å². The number of esters is 1. The number of benzene rings is 1. The molecule has 0 radical (unpaired) electrons. The van der Waals surface area contributed by atoms with Crippen LogP contribution >= 0.6 is 0 Å². The zero-order valence-electron chi connectivity index (χ0n) is 10.6. The van der Waals surface area contributed by atoms with Gasteiger partial charge in [-0.1, -0.05) is 0 Å². The Balaban J connectivity index is 3.14. The Labute approximate surface area is 101 Å². The van der Waals surface area contributed by atoms with Gasteiger partial charge < -0.3 is 14.8 Å². The first kappa shape index (κ1) is 13.5. The summed E-state index contributed by atoms with van der Waals surface area (Å²) in [4.78, 5) is 13.4. The van der Waals surface area contributed by atoms with Crippen molar-refractivity contribution in [1.82, 2.24) is 5.06 Å². The lowest BCUT2D eigenvalue weighted by molar-refractivity contribution is -0.0730. The van der Waals surface area contributed by atoms with Crippen LogP contribution in [0.2, 0.25) is 0 Å². The van der Waals surface area contributed by atoms with Crippen molar-refractivity contribution in [3.05, 3.63) is 29.3 Å². The van der Waals surface area contributed by atoms with Crippen LogP contribution < -0.4 is 4.90 Å². The molecule has 94 valence electrons. The predicted molar refractivity (Wildman–Crippen MR) is 65.4 cm³/mol. The first-order valence-electron chi connectivity index (χ1n) is 5.24. The van der Waals surface area contributed by atoms with Gasteiger partial charge in [-0.25, -0.2) is 4.79 Å². The van der Waals surface area contributed by atoms with Crippen molar-refractivity contribution in [1.29, 1.82) is 0 Å². The molecular formula is C12H18N2O3.